The van der Waals surface area contributed by atoms with Crippen LogP contribution in [0.2, 0.25) is 0 Å². The average Bonchev–Trinajstić information content (AvgIpc) is 4.27. The molecular weight excluding hydrogens is 1010 g/mol. The van der Waals surface area contributed by atoms with Crippen LogP contribution in [0.25, 0.3) is 22.3 Å². The van der Waals surface area contributed by atoms with E-state index in [2.05, 4.69) is 36.9 Å². The van der Waals surface area contributed by atoms with Crippen molar-refractivity contribution in [3.63, 3.8) is 0 Å². The second-order valence-corrected chi connectivity index (χ2v) is 18.7. The highest BCUT2D eigenvalue weighted by molar-refractivity contribution is 6.12. The second kappa shape index (κ2) is 22.7. The summed E-state index contributed by atoms with van der Waals surface area (Å²) in [7, 11) is 0. The molecule has 1 aliphatic carbocycles. The number of imide groups is 1. The van der Waals surface area contributed by atoms with Crippen molar-refractivity contribution in [3.05, 3.63) is 122 Å². The third-order valence-electron chi connectivity index (χ3n) is 14.0. The van der Waals surface area contributed by atoms with Crippen molar-refractivity contribution in [1.82, 2.24) is 56.0 Å². The van der Waals surface area contributed by atoms with Crippen molar-refractivity contribution in [1.29, 1.82) is 0 Å². The van der Waals surface area contributed by atoms with Crippen LogP contribution >= 0.6 is 0 Å². The van der Waals surface area contributed by atoms with E-state index in [9.17, 15) is 48.3 Å². The van der Waals surface area contributed by atoms with Crippen LogP contribution in [0.3, 0.4) is 0 Å². The molecule has 4 aliphatic rings. The molecule has 7 amide bonds. The number of aliphatic hydroxyl groups is 1. The van der Waals surface area contributed by atoms with Crippen molar-refractivity contribution in [2.24, 2.45) is 0 Å². The Bertz CT molecular complexity index is 3310. The molecule has 0 spiro atoms. The number of rotatable bonds is 22. The summed E-state index contributed by atoms with van der Waals surface area (Å²) in [5.41, 5.74) is 2.90. The molecule has 3 aromatic heterocycles. The highest BCUT2D eigenvalue weighted by atomic mass is 19.1. The molecule has 25 heteroatoms. The van der Waals surface area contributed by atoms with Gasteiger partial charge in [0.05, 0.1) is 92.9 Å². The predicted octanol–water partition coefficient (Wildman–Crippen LogP) is -0.348. The molecule has 6 heterocycles. The van der Waals surface area contributed by atoms with E-state index in [1.165, 1.54) is 16.8 Å². The molecule has 0 fully saturated rings. The number of ether oxygens (including phenoxy) is 3. The lowest BCUT2D eigenvalue weighted by Crippen LogP contribution is -2.52. The molecule has 3 atom stereocenters. The monoisotopic (exact) mass is 1060 g/mol. The number of hydrogen-bond donors (Lipinski definition) is 6. The number of halogens is 1. The number of fused-ring (bicyclic) bond motifs is 5. The Kier molecular flexibility index (Phi) is 15.7. The molecule has 0 radical (unpaired) electrons. The van der Waals surface area contributed by atoms with Crippen LogP contribution in [0.4, 0.5) is 4.39 Å². The molecule has 402 valence electrons. The molecule has 3 aliphatic heterocycles. The van der Waals surface area contributed by atoms with Crippen molar-refractivity contribution in [2.45, 2.75) is 83.4 Å². The Labute approximate surface area is 437 Å². The zero-order valence-corrected chi connectivity index (χ0v) is 41.9. The topological polar surface area (TPSA) is 313 Å². The Hall–Kier alpha value is -8.55. The number of aromatic nitrogens is 5. The normalized spacial score (nSPS) is 17.3. The van der Waals surface area contributed by atoms with E-state index in [1.807, 2.05) is 0 Å². The zero-order valence-electron chi connectivity index (χ0n) is 41.9. The second-order valence-electron chi connectivity index (χ2n) is 18.7. The summed E-state index contributed by atoms with van der Waals surface area (Å²) in [5, 5.41) is 33.3. The van der Waals surface area contributed by atoms with Crippen molar-refractivity contribution >= 4 is 58.2 Å². The average molecular weight is 1060 g/mol. The summed E-state index contributed by atoms with van der Waals surface area (Å²) >= 11 is 0. The van der Waals surface area contributed by atoms with Gasteiger partial charge in [0.1, 0.15) is 25.2 Å². The van der Waals surface area contributed by atoms with Gasteiger partial charge in [-0.25, -0.2) is 18.9 Å². The molecule has 0 bridgehead atoms. The molecule has 1 unspecified atom stereocenters. The van der Waals surface area contributed by atoms with Gasteiger partial charge in [0.25, 0.3) is 17.4 Å². The summed E-state index contributed by atoms with van der Waals surface area (Å²) in [6, 6.07) is 10.1. The van der Waals surface area contributed by atoms with Crippen LogP contribution in [-0.2, 0) is 90.8 Å². The molecule has 0 saturated heterocycles. The third-order valence-corrected chi connectivity index (χ3v) is 14.0. The van der Waals surface area contributed by atoms with Crippen LogP contribution in [0.1, 0.15) is 76.9 Å². The van der Waals surface area contributed by atoms with Crippen LogP contribution < -0.4 is 32.1 Å². The van der Waals surface area contributed by atoms with Gasteiger partial charge < -0.3 is 50.5 Å². The van der Waals surface area contributed by atoms with E-state index in [4.69, 9.17) is 19.2 Å². The maximum Gasteiger partial charge on any atom is 0.343 e. The minimum Gasteiger partial charge on any atom is -0.458 e. The first-order chi connectivity index (χ1) is 37.1. The Morgan fingerprint density at radius 2 is 1.62 bits per heavy atom. The van der Waals surface area contributed by atoms with Crippen LogP contribution in [0, 0.1) is 12.7 Å². The highest BCUT2D eigenvalue weighted by Gasteiger charge is 2.46. The van der Waals surface area contributed by atoms with Crippen molar-refractivity contribution in [2.75, 3.05) is 46.1 Å². The fourth-order valence-electron chi connectivity index (χ4n) is 9.93. The standard InChI is InChI=1S/C52H54FN11O13/c1-3-52(74)34-18-39-48-32(24-63(39)50(72)33(34)26-77-51(52)73)47-38(10-9-31-28(2)35(53)19-36(60-48)46(31)47)64-30(20-58-61-64)25-76-27-57-42(67)22-56-49(71)37(17-29-7-5-4-6-8-29)59-43(68)23-55-41(66)21-54-40(65)13-15-75-16-14-62-44(69)11-12-45(62)70/h4-8,11-12,18-20,37-38,74H,3,9-10,13-17,21-27H2,1-2H3,(H,54,65)(H,55,66)(H,56,71)(H,57,67)(H,59,68)/t37?,38-,52-/m0/s1. The fraction of sp³-hybridized carbons (Fsp3) is 0.385. The Morgan fingerprint density at radius 1 is 0.896 bits per heavy atom. The molecule has 9 rings (SSSR count). The van der Waals surface area contributed by atoms with Gasteiger partial charge in [-0.2, -0.15) is 0 Å². The molecule has 77 heavy (non-hydrogen) atoms. The van der Waals surface area contributed by atoms with E-state index < -0.39 is 96.0 Å². The number of nitrogens with one attached hydrogen (secondary N) is 5. The number of esters is 1. The molecule has 2 aromatic carbocycles. The molecule has 5 aromatic rings. The quantitative estimate of drug-likeness (QED) is 0.0219. The van der Waals surface area contributed by atoms with E-state index in [0.29, 0.717) is 52.1 Å². The summed E-state index contributed by atoms with van der Waals surface area (Å²) < 4.78 is 35.2. The van der Waals surface area contributed by atoms with Gasteiger partial charge in [-0.3, -0.25) is 43.3 Å². The molecule has 24 nitrogen and oxygen atoms in total. The SMILES string of the molecule is CC[C@@]1(O)C(=O)OCc2c1cc1n(c2=O)Cc2c-1nc1cc(F)c(C)c3c1c2[C@@H](n1nncc1COCNC(=O)CNC(=O)C(Cc1ccccc1)NC(=O)CNC(=O)CNC(=O)CCOCCN1C(=O)C=CC1=O)CC3. The number of pyridine rings is 2. The maximum absolute atomic E-state index is 15.5. The van der Waals surface area contributed by atoms with Crippen LogP contribution in [0.5, 0.6) is 0 Å². The third kappa shape index (κ3) is 11.1. The van der Waals surface area contributed by atoms with Gasteiger partial charge in [0.2, 0.25) is 29.5 Å². The minimum atomic E-state index is -2.04. The number of nitrogens with zero attached hydrogens (tertiary/aromatic N) is 6. The van der Waals surface area contributed by atoms with Gasteiger partial charge in [-0.05, 0) is 54.5 Å². The number of benzene rings is 2. The zero-order chi connectivity index (χ0) is 54.5. The molecular formula is C52H54FN11O13. The fourth-order valence-corrected chi connectivity index (χ4v) is 9.93. The minimum absolute atomic E-state index is 0.0237. The van der Waals surface area contributed by atoms with E-state index >= 15 is 4.39 Å². The van der Waals surface area contributed by atoms with Gasteiger partial charge in [-0.15, -0.1) is 5.10 Å². The number of cyclic esters (lactones) is 1. The van der Waals surface area contributed by atoms with Gasteiger partial charge in [0.15, 0.2) is 5.60 Å². The molecule has 0 saturated carbocycles. The van der Waals surface area contributed by atoms with Crippen molar-refractivity contribution in [3.8, 4) is 11.4 Å². The molecule has 6 N–H and O–H groups in total. The Morgan fingerprint density at radius 3 is 2.39 bits per heavy atom. The lowest BCUT2D eigenvalue weighted by molar-refractivity contribution is -0.172. The summed E-state index contributed by atoms with van der Waals surface area (Å²) in [4.78, 5) is 120. The van der Waals surface area contributed by atoms with Gasteiger partial charge in [0, 0.05) is 47.6 Å². The van der Waals surface area contributed by atoms with Crippen molar-refractivity contribution < 1.29 is 62.1 Å². The predicted molar refractivity (Wildman–Crippen MR) is 266 cm³/mol. The lowest BCUT2D eigenvalue weighted by atomic mass is 9.81. The first-order valence-electron chi connectivity index (χ1n) is 24.9. The smallest absolute Gasteiger partial charge is 0.343 e. The van der Waals surface area contributed by atoms with E-state index in [0.717, 1.165) is 33.6 Å². The summed E-state index contributed by atoms with van der Waals surface area (Å²) in [6.07, 6.45) is 4.65. The van der Waals surface area contributed by atoms with E-state index in [-0.39, 0.29) is 76.6 Å². The number of carbonyl (C=O) groups excluding carboxylic acids is 8. The number of amides is 7. The maximum atomic E-state index is 15.5. The first kappa shape index (κ1) is 53.3. The van der Waals surface area contributed by atoms with Gasteiger partial charge >= 0.3 is 5.97 Å². The number of aryl methyl sites for hydroxylation is 1. The summed E-state index contributed by atoms with van der Waals surface area (Å²) in [6.45, 7) is 1.31. The number of hydrogen-bond acceptors (Lipinski definition) is 16. The lowest BCUT2D eigenvalue weighted by Gasteiger charge is -2.31. The summed E-state index contributed by atoms with van der Waals surface area (Å²) in [5.74, 6) is -5.41. The highest BCUT2D eigenvalue weighted by Crippen LogP contribution is 2.47. The van der Waals surface area contributed by atoms with E-state index in [1.54, 1.807) is 54.9 Å². The first-order valence-corrected chi connectivity index (χ1v) is 24.9. The Balaban J connectivity index is 0.779. The van der Waals surface area contributed by atoms with Crippen LogP contribution in [-0.4, -0.2) is 134 Å². The largest absolute Gasteiger partial charge is 0.458 e. The number of carbonyl (C=O) groups is 8. The van der Waals surface area contributed by atoms with Crippen LogP contribution in [0.15, 0.2) is 65.6 Å². The van der Waals surface area contributed by atoms with Gasteiger partial charge in [-0.1, -0.05) is 42.5 Å².